The Kier molecular flexibility index (Phi) is 5.09. The minimum absolute atomic E-state index is 0.0277. The van der Waals surface area contributed by atoms with E-state index in [4.69, 9.17) is 5.11 Å². The predicted octanol–water partition coefficient (Wildman–Crippen LogP) is 0.875. The summed E-state index contributed by atoms with van der Waals surface area (Å²) in [6, 6.07) is -0.630. The number of unbranched alkanes of at least 4 members (excludes halogenated alkanes) is 1. The quantitative estimate of drug-likeness (QED) is 0.692. The van der Waals surface area contributed by atoms with Crippen molar-refractivity contribution in [2.24, 2.45) is 5.92 Å². The number of aryl methyl sites for hydroxylation is 1. The van der Waals surface area contributed by atoms with E-state index in [9.17, 15) is 9.90 Å². The predicted molar refractivity (Wildman–Crippen MR) is 61.6 cm³/mol. The highest BCUT2D eigenvalue weighted by molar-refractivity contribution is 5.72. The minimum atomic E-state index is -0.872. The smallest absolute Gasteiger partial charge is 0.327 e. The highest BCUT2D eigenvalue weighted by Crippen LogP contribution is 2.19. The van der Waals surface area contributed by atoms with Crippen molar-refractivity contribution in [2.75, 3.05) is 6.61 Å². The molecule has 6 heteroatoms. The van der Waals surface area contributed by atoms with Crippen LogP contribution in [0.5, 0.6) is 0 Å². The van der Waals surface area contributed by atoms with Gasteiger partial charge in [0.1, 0.15) is 18.2 Å². The fraction of sp³-hybridized carbons (Fsp3) is 0.727. The Morgan fingerprint density at radius 3 is 2.71 bits per heavy atom. The Hall–Kier alpha value is -1.43. The highest BCUT2D eigenvalue weighted by Gasteiger charge is 2.25. The van der Waals surface area contributed by atoms with Crippen molar-refractivity contribution in [3.63, 3.8) is 0 Å². The maximum atomic E-state index is 11.2. The van der Waals surface area contributed by atoms with Crippen LogP contribution in [0.2, 0.25) is 0 Å². The molecule has 6 nitrogen and oxygen atoms in total. The molecule has 0 saturated carbocycles. The fourth-order valence-corrected chi connectivity index (χ4v) is 1.80. The summed E-state index contributed by atoms with van der Waals surface area (Å²) in [7, 11) is 0. The van der Waals surface area contributed by atoms with Gasteiger partial charge in [-0.05, 0) is 18.8 Å². The molecular formula is C11H19N3O3. The van der Waals surface area contributed by atoms with E-state index in [2.05, 4.69) is 10.2 Å². The molecule has 0 aromatic carbocycles. The Labute approximate surface area is 100 Å². The van der Waals surface area contributed by atoms with Crippen molar-refractivity contribution in [1.82, 2.24) is 14.8 Å². The molecule has 2 N–H and O–H groups in total. The summed E-state index contributed by atoms with van der Waals surface area (Å²) in [5.41, 5.74) is 0. The van der Waals surface area contributed by atoms with Crippen molar-refractivity contribution in [2.45, 2.75) is 39.2 Å². The zero-order valence-corrected chi connectivity index (χ0v) is 10.2. The number of nitrogens with zero attached hydrogens (tertiary/aromatic N) is 3. The van der Waals surface area contributed by atoms with Gasteiger partial charge in [0.15, 0.2) is 0 Å². The van der Waals surface area contributed by atoms with Crippen molar-refractivity contribution in [1.29, 1.82) is 0 Å². The molecule has 96 valence electrons. The minimum Gasteiger partial charge on any atom is -0.480 e. The molecule has 0 bridgehead atoms. The summed E-state index contributed by atoms with van der Waals surface area (Å²) in [5, 5.41) is 25.6. The highest BCUT2D eigenvalue weighted by atomic mass is 16.4. The molecule has 0 radical (unpaired) electrons. The maximum absolute atomic E-state index is 11.2. The van der Waals surface area contributed by atoms with Crippen LogP contribution < -0.4 is 0 Å². The van der Waals surface area contributed by atoms with Gasteiger partial charge in [-0.15, -0.1) is 10.2 Å². The standard InChI is InChI=1S/C11H19N3O3/c1-8(2)10(11(16)17)14-7-12-13-9(14)5-3-4-6-15/h7-8,10,15H,3-6H2,1-2H3,(H,16,17). The van der Waals surface area contributed by atoms with Crippen LogP contribution >= 0.6 is 0 Å². The van der Waals surface area contributed by atoms with Gasteiger partial charge in [-0.1, -0.05) is 13.8 Å². The first-order valence-electron chi connectivity index (χ1n) is 5.80. The van der Waals surface area contributed by atoms with Crippen LogP contribution in [-0.2, 0) is 11.2 Å². The van der Waals surface area contributed by atoms with Crippen LogP contribution in [0.15, 0.2) is 6.33 Å². The molecule has 0 aliphatic heterocycles. The van der Waals surface area contributed by atoms with Crippen molar-refractivity contribution in [3.05, 3.63) is 12.2 Å². The number of aromatic nitrogens is 3. The van der Waals surface area contributed by atoms with Crippen LogP contribution in [0.25, 0.3) is 0 Å². The Balaban J connectivity index is 2.81. The second kappa shape index (κ2) is 6.34. The van der Waals surface area contributed by atoms with Crippen molar-refractivity contribution < 1.29 is 15.0 Å². The molecule has 1 aromatic rings. The molecule has 1 unspecified atom stereocenters. The zero-order valence-electron chi connectivity index (χ0n) is 10.2. The van der Waals surface area contributed by atoms with Crippen LogP contribution in [0.4, 0.5) is 0 Å². The topological polar surface area (TPSA) is 88.2 Å². The lowest BCUT2D eigenvalue weighted by atomic mass is 10.0. The molecule has 1 rings (SSSR count). The van der Waals surface area contributed by atoms with Gasteiger partial charge in [0, 0.05) is 13.0 Å². The van der Waals surface area contributed by atoms with Crippen LogP contribution in [0, 0.1) is 5.92 Å². The van der Waals surface area contributed by atoms with E-state index in [1.807, 2.05) is 13.8 Å². The summed E-state index contributed by atoms with van der Waals surface area (Å²) in [6.07, 6.45) is 3.57. The molecule has 0 aliphatic carbocycles. The molecule has 0 amide bonds. The molecule has 1 atom stereocenters. The van der Waals surface area contributed by atoms with Crippen LogP contribution in [0.3, 0.4) is 0 Å². The van der Waals surface area contributed by atoms with E-state index in [-0.39, 0.29) is 12.5 Å². The summed E-state index contributed by atoms with van der Waals surface area (Å²) >= 11 is 0. The second-order valence-electron chi connectivity index (χ2n) is 4.36. The van der Waals surface area contributed by atoms with Gasteiger partial charge in [-0.3, -0.25) is 0 Å². The summed E-state index contributed by atoms with van der Waals surface area (Å²) in [6.45, 7) is 3.85. The molecule has 0 aliphatic rings. The number of carboxylic acids is 1. The number of carbonyl (C=O) groups is 1. The lowest BCUT2D eigenvalue weighted by Crippen LogP contribution is -2.25. The molecule has 0 spiro atoms. The third kappa shape index (κ3) is 3.52. The monoisotopic (exact) mass is 241 g/mol. The summed E-state index contributed by atoms with van der Waals surface area (Å²) in [4.78, 5) is 11.2. The third-order valence-corrected chi connectivity index (χ3v) is 2.64. The van der Waals surface area contributed by atoms with E-state index < -0.39 is 12.0 Å². The first kappa shape index (κ1) is 13.6. The van der Waals surface area contributed by atoms with E-state index >= 15 is 0 Å². The average molecular weight is 241 g/mol. The van der Waals surface area contributed by atoms with E-state index in [0.29, 0.717) is 18.7 Å². The third-order valence-electron chi connectivity index (χ3n) is 2.64. The first-order valence-corrected chi connectivity index (χ1v) is 5.80. The van der Waals surface area contributed by atoms with Gasteiger partial charge in [-0.2, -0.15) is 0 Å². The molecule has 0 fully saturated rings. The number of rotatable bonds is 7. The van der Waals surface area contributed by atoms with Crippen LogP contribution in [0.1, 0.15) is 38.6 Å². The van der Waals surface area contributed by atoms with E-state index in [1.165, 1.54) is 6.33 Å². The van der Waals surface area contributed by atoms with Gasteiger partial charge in [0.05, 0.1) is 0 Å². The van der Waals surface area contributed by atoms with E-state index in [1.54, 1.807) is 4.57 Å². The average Bonchev–Trinajstić information content (AvgIpc) is 2.66. The fourth-order valence-electron chi connectivity index (χ4n) is 1.80. The Morgan fingerprint density at radius 1 is 1.47 bits per heavy atom. The molecule has 17 heavy (non-hydrogen) atoms. The number of carboxylic acid groups (broad SMARTS) is 1. The SMILES string of the molecule is CC(C)C(C(=O)O)n1cnnc1CCCCO. The molecule has 1 aromatic heterocycles. The number of hydrogen-bond donors (Lipinski definition) is 2. The lowest BCUT2D eigenvalue weighted by Gasteiger charge is -2.19. The van der Waals surface area contributed by atoms with Crippen molar-refractivity contribution >= 4 is 5.97 Å². The molecular weight excluding hydrogens is 222 g/mol. The van der Waals surface area contributed by atoms with Crippen molar-refractivity contribution in [3.8, 4) is 0 Å². The number of aliphatic hydroxyl groups is 1. The second-order valence-corrected chi connectivity index (χ2v) is 4.36. The molecule has 1 heterocycles. The molecule has 0 saturated heterocycles. The summed E-state index contributed by atoms with van der Waals surface area (Å²) in [5.74, 6) is -0.233. The number of hydrogen-bond acceptors (Lipinski definition) is 4. The van der Waals surface area contributed by atoms with E-state index in [0.717, 1.165) is 6.42 Å². The van der Waals surface area contributed by atoms with Gasteiger partial charge in [-0.25, -0.2) is 4.79 Å². The Bertz CT molecular complexity index is 363. The summed E-state index contributed by atoms with van der Waals surface area (Å²) < 4.78 is 1.62. The van der Waals surface area contributed by atoms with Crippen LogP contribution in [-0.4, -0.2) is 37.6 Å². The zero-order chi connectivity index (χ0) is 12.8. The largest absolute Gasteiger partial charge is 0.480 e. The maximum Gasteiger partial charge on any atom is 0.327 e. The first-order chi connectivity index (χ1) is 8.07. The number of aliphatic carboxylic acids is 1. The lowest BCUT2D eigenvalue weighted by molar-refractivity contribution is -0.142. The van der Waals surface area contributed by atoms with Gasteiger partial charge >= 0.3 is 5.97 Å². The van der Waals surface area contributed by atoms with Gasteiger partial charge < -0.3 is 14.8 Å². The Morgan fingerprint density at radius 2 is 2.18 bits per heavy atom. The van der Waals surface area contributed by atoms with Gasteiger partial charge in [0.25, 0.3) is 0 Å². The van der Waals surface area contributed by atoms with Gasteiger partial charge in [0.2, 0.25) is 0 Å². The normalized spacial score (nSPS) is 12.9. The number of aliphatic hydroxyl groups excluding tert-OH is 1.